The minimum atomic E-state index is 0.00924. The molecule has 0 saturated carbocycles. The van der Waals surface area contributed by atoms with Gasteiger partial charge in [-0.1, -0.05) is 34.6 Å². The van der Waals surface area contributed by atoms with Gasteiger partial charge in [0.05, 0.1) is 6.21 Å². The molecule has 2 rings (SSSR count). The van der Waals surface area contributed by atoms with Crippen LogP contribution in [-0.4, -0.2) is 44.3 Å². The molecule has 0 unspecified atom stereocenters. The van der Waals surface area contributed by atoms with E-state index in [4.69, 9.17) is 19.2 Å². The van der Waals surface area contributed by atoms with E-state index in [-0.39, 0.29) is 12.0 Å². The van der Waals surface area contributed by atoms with Crippen LogP contribution in [0.25, 0.3) is 0 Å². The predicted molar refractivity (Wildman–Crippen MR) is 83.1 cm³/mol. The highest BCUT2D eigenvalue weighted by molar-refractivity contribution is 6.46. The smallest absolute Gasteiger partial charge is 0.280 e. The van der Waals surface area contributed by atoms with Gasteiger partial charge in [0.1, 0.15) is 19.8 Å². The molecule has 0 radical (unpaired) electrons. The van der Waals surface area contributed by atoms with Crippen molar-refractivity contribution in [3.8, 4) is 0 Å². The highest BCUT2D eigenvalue weighted by Gasteiger charge is 2.20. The molecule has 0 spiro atoms. The van der Waals surface area contributed by atoms with E-state index in [1.54, 1.807) is 6.21 Å². The lowest BCUT2D eigenvalue weighted by Crippen LogP contribution is -2.26. The molecule has 0 bridgehead atoms. The molecule has 0 saturated heterocycles. The van der Waals surface area contributed by atoms with E-state index in [2.05, 4.69) is 15.5 Å². The summed E-state index contributed by atoms with van der Waals surface area (Å²) in [5.41, 5.74) is 1.99. The molecule has 118 valence electrons. The number of rotatable bonds is 6. The second kappa shape index (κ2) is 8.02. The number of ether oxygens (including phenoxy) is 1. The summed E-state index contributed by atoms with van der Waals surface area (Å²) in [6.45, 7) is 4.63. The van der Waals surface area contributed by atoms with Crippen LogP contribution >= 0.6 is 0 Å². The van der Waals surface area contributed by atoms with Gasteiger partial charge in [0.2, 0.25) is 0 Å². The van der Waals surface area contributed by atoms with Gasteiger partial charge >= 0.3 is 0 Å². The summed E-state index contributed by atoms with van der Waals surface area (Å²) in [4.78, 5) is 15.2. The molecule has 1 aliphatic rings. The summed E-state index contributed by atoms with van der Waals surface area (Å²) in [6, 6.07) is 7.53. The molecule has 1 aromatic rings. The average molecular weight is 305 g/mol. The second-order valence-corrected chi connectivity index (χ2v) is 4.68. The first kappa shape index (κ1) is 15.8. The number of benzene rings is 1. The van der Waals surface area contributed by atoms with Crippen molar-refractivity contribution in [2.45, 2.75) is 20.0 Å². The van der Waals surface area contributed by atoms with Crippen LogP contribution in [-0.2, 0) is 19.2 Å². The highest BCUT2D eigenvalue weighted by Crippen LogP contribution is 2.12. The highest BCUT2D eigenvalue weighted by atomic mass is 16.7. The van der Waals surface area contributed by atoms with Crippen molar-refractivity contribution >= 4 is 17.8 Å². The third kappa shape index (κ3) is 4.21. The fourth-order valence-electron chi connectivity index (χ4n) is 1.75. The first-order chi connectivity index (χ1) is 10.7. The molecule has 22 heavy (non-hydrogen) atoms. The maximum absolute atomic E-state index is 5.48. The molecular formula is C15H19N3O4. The van der Waals surface area contributed by atoms with Crippen LogP contribution in [0, 0.1) is 0 Å². The zero-order valence-corrected chi connectivity index (χ0v) is 12.9. The minimum Gasteiger partial charge on any atom is -0.470 e. The molecule has 0 fully saturated rings. The first-order valence-corrected chi connectivity index (χ1v) is 6.95. The van der Waals surface area contributed by atoms with E-state index >= 15 is 0 Å². The van der Waals surface area contributed by atoms with Crippen molar-refractivity contribution in [2.75, 3.05) is 20.3 Å². The zero-order valence-electron chi connectivity index (χ0n) is 12.9. The fraction of sp³-hybridized carbons (Fsp3) is 0.400. The third-order valence-electron chi connectivity index (χ3n) is 2.63. The minimum absolute atomic E-state index is 0.00924. The van der Waals surface area contributed by atoms with Gasteiger partial charge in [-0.15, -0.1) is 0 Å². The quantitative estimate of drug-likeness (QED) is 0.596. The normalized spacial score (nSPS) is 15.3. The lowest BCUT2D eigenvalue weighted by molar-refractivity contribution is 0.0672. The van der Waals surface area contributed by atoms with E-state index in [0.29, 0.717) is 18.9 Å². The van der Waals surface area contributed by atoms with Crippen molar-refractivity contribution in [3.63, 3.8) is 0 Å². The Bertz CT molecular complexity index is 582. The van der Waals surface area contributed by atoms with Crippen molar-refractivity contribution in [3.05, 3.63) is 35.4 Å². The van der Waals surface area contributed by atoms with Gasteiger partial charge < -0.3 is 19.2 Å². The van der Waals surface area contributed by atoms with Crippen LogP contribution in [0.1, 0.15) is 25.0 Å². The molecule has 0 N–H and O–H groups in total. The SMILES string of the molecule is CON=C(C1=NOCCO1)c1ccccc1C=NOC(C)C. The molecule has 1 aromatic carbocycles. The van der Waals surface area contributed by atoms with Crippen LogP contribution in [0.3, 0.4) is 0 Å². The van der Waals surface area contributed by atoms with Gasteiger partial charge in [0.25, 0.3) is 5.90 Å². The molecule has 0 aliphatic carbocycles. The molecule has 0 atom stereocenters. The second-order valence-electron chi connectivity index (χ2n) is 4.68. The number of hydrogen-bond donors (Lipinski definition) is 0. The first-order valence-electron chi connectivity index (χ1n) is 6.95. The van der Waals surface area contributed by atoms with E-state index in [1.165, 1.54) is 7.11 Å². The predicted octanol–water partition coefficient (Wildman–Crippen LogP) is 2.16. The molecule has 1 heterocycles. The summed E-state index contributed by atoms with van der Waals surface area (Å²) in [6.07, 6.45) is 1.63. The van der Waals surface area contributed by atoms with E-state index in [1.807, 2.05) is 38.1 Å². The Morgan fingerprint density at radius 1 is 1.32 bits per heavy atom. The maximum Gasteiger partial charge on any atom is 0.280 e. The zero-order chi connectivity index (χ0) is 15.8. The number of oxime groups is 3. The van der Waals surface area contributed by atoms with Crippen LogP contribution in [0.5, 0.6) is 0 Å². The van der Waals surface area contributed by atoms with Crippen molar-refractivity contribution in [1.29, 1.82) is 0 Å². The monoisotopic (exact) mass is 305 g/mol. The van der Waals surface area contributed by atoms with Crippen LogP contribution in [0.4, 0.5) is 0 Å². The summed E-state index contributed by atoms with van der Waals surface area (Å²) >= 11 is 0. The van der Waals surface area contributed by atoms with Crippen molar-refractivity contribution in [1.82, 2.24) is 0 Å². The topological polar surface area (TPSA) is 74.0 Å². The Kier molecular flexibility index (Phi) is 5.76. The Morgan fingerprint density at radius 2 is 2.14 bits per heavy atom. The van der Waals surface area contributed by atoms with Crippen LogP contribution < -0.4 is 0 Å². The standard InChI is InChI=1S/C15H19N3O4/c1-11(2)22-16-10-12-6-4-5-7-13(12)14(17-19-3)15-18-21-9-8-20-15/h4-7,10-11H,8-9H2,1-3H3. The number of nitrogens with zero attached hydrogens (tertiary/aromatic N) is 3. The van der Waals surface area contributed by atoms with Gasteiger partial charge in [0, 0.05) is 11.1 Å². The van der Waals surface area contributed by atoms with Crippen molar-refractivity contribution < 1.29 is 19.2 Å². The van der Waals surface area contributed by atoms with Gasteiger partial charge in [-0.3, -0.25) is 0 Å². The molecule has 1 aliphatic heterocycles. The number of hydrogen-bond acceptors (Lipinski definition) is 7. The maximum atomic E-state index is 5.48. The molecule has 7 heteroatoms. The summed E-state index contributed by atoms with van der Waals surface area (Å²) in [5, 5.41) is 11.8. The molecular weight excluding hydrogens is 286 g/mol. The lowest BCUT2D eigenvalue weighted by atomic mass is 10.0. The third-order valence-corrected chi connectivity index (χ3v) is 2.63. The Labute approximate surface area is 129 Å². The van der Waals surface area contributed by atoms with Gasteiger partial charge in [-0.05, 0) is 19.0 Å². The Morgan fingerprint density at radius 3 is 2.82 bits per heavy atom. The van der Waals surface area contributed by atoms with Crippen LogP contribution in [0.2, 0.25) is 0 Å². The van der Waals surface area contributed by atoms with E-state index in [9.17, 15) is 0 Å². The van der Waals surface area contributed by atoms with Crippen molar-refractivity contribution in [2.24, 2.45) is 15.5 Å². The Balaban J connectivity index is 2.34. The van der Waals surface area contributed by atoms with E-state index in [0.717, 1.165) is 11.1 Å². The molecule has 7 nitrogen and oxygen atoms in total. The van der Waals surface area contributed by atoms with Gasteiger partial charge in [-0.25, -0.2) is 0 Å². The van der Waals surface area contributed by atoms with Gasteiger partial charge in [-0.2, -0.15) is 0 Å². The van der Waals surface area contributed by atoms with E-state index < -0.39 is 0 Å². The Hall–Kier alpha value is -2.57. The van der Waals surface area contributed by atoms with Crippen LogP contribution in [0.15, 0.2) is 39.7 Å². The summed E-state index contributed by atoms with van der Waals surface area (Å²) in [7, 11) is 1.46. The molecule has 0 aromatic heterocycles. The summed E-state index contributed by atoms with van der Waals surface area (Å²) < 4.78 is 5.48. The van der Waals surface area contributed by atoms with Gasteiger partial charge in [0.15, 0.2) is 12.3 Å². The summed E-state index contributed by atoms with van der Waals surface area (Å²) in [5.74, 6) is 0.277. The fourth-order valence-corrected chi connectivity index (χ4v) is 1.75. The average Bonchev–Trinajstić information content (AvgIpc) is 2.54. The molecule has 0 amide bonds. The largest absolute Gasteiger partial charge is 0.470 e. The lowest BCUT2D eigenvalue weighted by Gasteiger charge is -2.15.